The normalized spacial score (nSPS) is 10.1. The van der Waals surface area contributed by atoms with E-state index in [4.69, 9.17) is 11.6 Å². The minimum absolute atomic E-state index is 0.0517. The molecule has 0 fully saturated rings. The SMILES string of the molecule is CC(=O)c1ccc(NC(=O)CC(=O)Nc2cc(Cl)ccc2C)cc1. The number of halogens is 1. The number of carbonyl (C=O) groups is 3. The highest BCUT2D eigenvalue weighted by Gasteiger charge is 2.11. The molecule has 2 aromatic rings. The maximum atomic E-state index is 12.0. The Morgan fingerprint density at radius 3 is 2.21 bits per heavy atom. The van der Waals surface area contributed by atoms with Gasteiger partial charge < -0.3 is 10.6 Å². The van der Waals surface area contributed by atoms with Crippen molar-refractivity contribution in [1.82, 2.24) is 0 Å². The number of amides is 2. The van der Waals surface area contributed by atoms with Gasteiger partial charge in [0.25, 0.3) is 0 Å². The van der Waals surface area contributed by atoms with Gasteiger partial charge in [-0.1, -0.05) is 17.7 Å². The Bertz CT molecular complexity index is 785. The zero-order chi connectivity index (χ0) is 17.7. The first kappa shape index (κ1) is 17.7. The van der Waals surface area contributed by atoms with Crippen molar-refractivity contribution in [2.24, 2.45) is 0 Å². The Labute approximate surface area is 145 Å². The standard InChI is InChI=1S/C18H17ClN2O3/c1-11-3-6-14(19)9-16(11)21-18(24)10-17(23)20-15-7-4-13(5-8-15)12(2)22/h3-9H,10H2,1-2H3,(H,20,23)(H,21,24). The summed E-state index contributed by atoms with van der Waals surface area (Å²) in [4.78, 5) is 35.1. The third-order valence-corrected chi connectivity index (χ3v) is 3.61. The molecule has 0 aliphatic heterocycles. The van der Waals surface area contributed by atoms with Crippen molar-refractivity contribution in [3.05, 3.63) is 58.6 Å². The third-order valence-electron chi connectivity index (χ3n) is 3.37. The number of benzene rings is 2. The molecule has 0 aliphatic rings. The van der Waals surface area contributed by atoms with Crippen molar-refractivity contribution in [1.29, 1.82) is 0 Å². The van der Waals surface area contributed by atoms with Crippen molar-refractivity contribution in [2.75, 3.05) is 10.6 Å². The second-order valence-electron chi connectivity index (χ2n) is 5.37. The minimum atomic E-state index is -0.442. The van der Waals surface area contributed by atoms with E-state index in [1.807, 2.05) is 6.92 Å². The molecular formula is C18H17ClN2O3. The Hall–Kier alpha value is -2.66. The van der Waals surface area contributed by atoms with Crippen LogP contribution >= 0.6 is 11.6 Å². The Morgan fingerprint density at radius 2 is 1.58 bits per heavy atom. The molecule has 0 aliphatic carbocycles. The number of rotatable bonds is 5. The molecule has 0 bridgehead atoms. The molecule has 0 unspecified atom stereocenters. The van der Waals surface area contributed by atoms with Crippen LogP contribution < -0.4 is 10.6 Å². The zero-order valence-corrected chi connectivity index (χ0v) is 14.1. The Balaban J connectivity index is 1.93. The van der Waals surface area contributed by atoms with Gasteiger partial charge in [-0.3, -0.25) is 14.4 Å². The topological polar surface area (TPSA) is 75.3 Å². The smallest absolute Gasteiger partial charge is 0.233 e. The van der Waals surface area contributed by atoms with Crippen LogP contribution in [0.3, 0.4) is 0 Å². The maximum absolute atomic E-state index is 12.0. The average molecular weight is 345 g/mol. The summed E-state index contributed by atoms with van der Waals surface area (Å²) in [6.45, 7) is 3.30. The fraction of sp³-hybridized carbons (Fsp3) is 0.167. The molecular weight excluding hydrogens is 328 g/mol. The van der Waals surface area contributed by atoms with E-state index in [1.165, 1.54) is 6.92 Å². The first-order valence-corrected chi connectivity index (χ1v) is 7.70. The highest BCUT2D eigenvalue weighted by Crippen LogP contribution is 2.20. The number of Topliss-reactive ketones (excluding diaryl/α,β-unsaturated/α-hetero) is 1. The van der Waals surface area contributed by atoms with Crippen LogP contribution in [0.4, 0.5) is 11.4 Å². The fourth-order valence-corrected chi connectivity index (χ4v) is 2.23. The van der Waals surface area contributed by atoms with Crippen molar-refractivity contribution in [3.8, 4) is 0 Å². The van der Waals surface area contributed by atoms with Gasteiger partial charge in [0.1, 0.15) is 6.42 Å². The number of nitrogens with one attached hydrogen (secondary N) is 2. The summed E-state index contributed by atoms with van der Waals surface area (Å²) in [5.74, 6) is -0.926. The summed E-state index contributed by atoms with van der Waals surface area (Å²) >= 11 is 5.89. The van der Waals surface area contributed by atoms with Crippen LogP contribution in [-0.4, -0.2) is 17.6 Å². The first-order chi connectivity index (χ1) is 11.3. The molecule has 24 heavy (non-hydrogen) atoms. The van der Waals surface area contributed by atoms with Crippen LogP contribution in [0, 0.1) is 6.92 Å². The highest BCUT2D eigenvalue weighted by atomic mass is 35.5. The molecule has 0 aromatic heterocycles. The Kier molecular flexibility index (Phi) is 5.71. The van der Waals surface area contributed by atoms with E-state index in [9.17, 15) is 14.4 Å². The van der Waals surface area contributed by atoms with Crippen LogP contribution in [-0.2, 0) is 9.59 Å². The largest absolute Gasteiger partial charge is 0.326 e. The summed E-state index contributed by atoms with van der Waals surface area (Å²) in [5.41, 5.74) is 2.51. The van der Waals surface area contributed by atoms with E-state index in [0.29, 0.717) is 22.0 Å². The third kappa shape index (κ3) is 4.93. The molecule has 5 nitrogen and oxygen atoms in total. The summed E-state index contributed by atoms with van der Waals surface area (Å²) in [5, 5.41) is 5.78. The lowest BCUT2D eigenvalue weighted by atomic mass is 10.1. The lowest BCUT2D eigenvalue weighted by Crippen LogP contribution is -2.21. The molecule has 2 amide bonds. The van der Waals surface area contributed by atoms with Gasteiger partial charge in [-0.05, 0) is 55.8 Å². The van der Waals surface area contributed by atoms with Crippen LogP contribution in [0.1, 0.15) is 29.3 Å². The fourth-order valence-electron chi connectivity index (χ4n) is 2.06. The predicted octanol–water partition coefficient (Wildman–Crippen LogP) is 3.82. The quantitative estimate of drug-likeness (QED) is 0.639. The number of aryl methyl sites for hydroxylation is 1. The van der Waals surface area contributed by atoms with Crippen molar-refractivity contribution >= 4 is 40.6 Å². The van der Waals surface area contributed by atoms with E-state index < -0.39 is 11.8 Å². The summed E-state index contributed by atoms with van der Waals surface area (Å²) < 4.78 is 0. The van der Waals surface area contributed by atoms with Crippen LogP contribution in [0.25, 0.3) is 0 Å². The molecule has 2 aromatic carbocycles. The molecule has 0 atom stereocenters. The average Bonchev–Trinajstić information content (AvgIpc) is 2.51. The van der Waals surface area contributed by atoms with Crippen LogP contribution in [0.2, 0.25) is 5.02 Å². The highest BCUT2D eigenvalue weighted by molar-refractivity contribution is 6.31. The second-order valence-corrected chi connectivity index (χ2v) is 5.80. The molecule has 0 radical (unpaired) electrons. The molecule has 0 saturated carbocycles. The van der Waals surface area contributed by atoms with E-state index >= 15 is 0 Å². The van der Waals surface area contributed by atoms with Gasteiger partial charge in [0.2, 0.25) is 11.8 Å². The van der Waals surface area contributed by atoms with Gasteiger partial charge in [-0.25, -0.2) is 0 Å². The zero-order valence-electron chi connectivity index (χ0n) is 13.4. The Morgan fingerprint density at radius 1 is 0.958 bits per heavy atom. The van der Waals surface area contributed by atoms with Crippen molar-refractivity contribution in [2.45, 2.75) is 20.3 Å². The minimum Gasteiger partial charge on any atom is -0.326 e. The number of carbonyl (C=O) groups excluding carboxylic acids is 3. The summed E-state index contributed by atoms with van der Waals surface area (Å²) in [6, 6.07) is 11.6. The van der Waals surface area contributed by atoms with E-state index in [-0.39, 0.29) is 12.2 Å². The van der Waals surface area contributed by atoms with E-state index in [1.54, 1.807) is 42.5 Å². The second kappa shape index (κ2) is 7.75. The maximum Gasteiger partial charge on any atom is 0.233 e. The summed E-state index contributed by atoms with van der Waals surface area (Å²) in [6.07, 6.45) is -0.319. The molecule has 0 heterocycles. The van der Waals surface area contributed by atoms with Gasteiger partial charge in [0.15, 0.2) is 5.78 Å². The van der Waals surface area contributed by atoms with Gasteiger partial charge in [0, 0.05) is 22.0 Å². The molecule has 124 valence electrons. The molecule has 2 N–H and O–H groups in total. The lowest BCUT2D eigenvalue weighted by molar-refractivity contribution is -0.123. The van der Waals surface area contributed by atoms with Crippen molar-refractivity contribution in [3.63, 3.8) is 0 Å². The summed E-state index contributed by atoms with van der Waals surface area (Å²) in [7, 11) is 0. The number of ketones is 1. The molecule has 6 heteroatoms. The first-order valence-electron chi connectivity index (χ1n) is 7.32. The van der Waals surface area contributed by atoms with E-state index in [0.717, 1.165) is 5.56 Å². The van der Waals surface area contributed by atoms with Gasteiger partial charge in [-0.2, -0.15) is 0 Å². The molecule has 0 spiro atoms. The molecule has 2 rings (SSSR count). The predicted molar refractivity (Wildman–Crippen MR) is 94.5 cm³/mol. The number of anilines is 2. The monoisotopic (exact) mass is 344 g/mol. The number of hydrogen-bond donors (Lipinski definition) is 2. The molecule has 0 saturated heterocycles. The van der Waals surface area contributed by atoms with Crippen LogP contribution in [0.15, 0.2) is 42.5 Å². The van der Waals surface area contributed by atoms with Crippen molar-refractivity contribution < 1.29 is 14.4 Å². The van der Waals surface area contributed by atoms with Crippen LogP contribution in [0.5, 0.6) is 0 Å². The van der Waals surface area contributed by atoms with Gasteiger partial charge >= 0.3 is 0 Å². The van der Waals surface area contributed by atoms with Gasteiger partial charge in [0.05, 0.1) is 0 Å². The lowest BCUT2D eigenvalue weighted by Gasteiger charge is -2.09. The van der Waals surface area contributed by atoms with E-state index in [2.05, 4.69) is 10.6 Å². The number of hydrogen-bond acceptors (Lipinski definition) is 3. The van der Waals surface area contributed by atoms with Gasteiger partial charge in [-0.15, -0.1) is 0 Å².